The Morgan fingerprint density at radius 3 is 2.57 bits per heavy atom. The summed E-state index contributed by atoms with van der Waals surface area (Å²) in [5.74, 6) is -1.71. The van der Waals surface area contributed by atoms with Gasteiger partial charge in [0.15, 0.2) is 0 Å². The molecule has 8 nitrogen and oxygen atoms in total. The van der Waals surface area contributed by atoms with E-state index in [-0.39, 0.29) is 31.5 Å². The lowest BCUT2D eigenvalue weighted by Gasteiger charge is -2.35. The maximum Gasteiger partial charge on any atom is 0.327 e. The van der Waals surface area contributed by atoms with Crippen molar-refractivity contribution in [1.82, 2.24) is 14.7 Å². The molecule has 4 amide bonds. The standard InChI is InChI=1S/C13H19N3O5/c1-14-7-10(17)16(13(14)21)8-11(18)15-5-3-2-4-9(15)6-12(19)20/h9H,2-8H2,1H3,(H,19,20). The molecule has 2 heterocycles. The Labute approximate surface area is 122 Å². The van der Waals surface area contributed by atoms with E-state index in [9.17, 15) is 19.2 Å². The summed E-state index contributed by atoms with van der Waals surface area (Å²) in [6.07, 6.45) is 2.23. The molecule has 2 fully saturated rings. The van der Waals surface area contributed by atoms with Gasteiger partial charge in [-0.2, -0.15) is 0 Å². The number of urea groups is 1. The van der Waals surface area contributed by atoms with Crippen molar-refractivity contribution in [1.29, 1.82) is 0 Å². The quantitative estimate of drug-likeness (QED) is 0.721. The molecule has 0 aliphatic carbocycles. The molecule has 2 aliphatic rings. The Hall–Kier alpha value is -2.12. The van der Waals surface area contributed by atoms with Crippen LogP contribution in [0.5, 0.6) is 0 Å². The zero-order valence-corrected chi connectivity index (χ0v) is 11.9. The van der Waals surface area contributed by atoms with E-state index in [1.165, 1.54) is 16.8 Å². The van der Waals surface area contributed by atoms with Gasteiger partial charge in [0.2, 0.25) is 5.91 Å². The number of carbonyl (C=O) groups is 4. The Morgan fingerprint density at radius 1 is 1.29 bits per heavy atom. The molecule has 8 heteroatoms. The molecule has 1 N–H and O–H groups in total. The molecule has 2 rings (SSSR count). The van der Waals surface area contributed by atoms with E-state index in [2.05, 4.69) is 0 Å². The number of hydrogen-bond acceptors (Lipinski definition) is 4. The zero-order chi connectivity index (χ0) is 15.6. The SMILES string of the molecule is CN1CC(=O)N(CC(=O)N2CCCCC2CC(=O)O)C1=O. The molecule has 116 valence electrons. The summed E-state index contributed by atoms with van der Waals surface area (Å²) in [4.78, 5) is 50.3. The molecule has 2 aliphatic heterocycles. The van der Waals surface area contributed by atoms with Crippen molar-refractivity contribution in [2.24, 2.45) is 0 Å². The molecule has 21 heavy (non-hydrogen) atoms. The van der Waals surface area contributed by atoms with Gasteiger partial charge in [-0.3, -0.25) is 19.3 Å². The first-order valence-corrected chi connectivity index (χ1v) is 6.97. The number of carbonyl (C=O) groups excluding carboxylic acids is 3. The van der Waals surface area contributed by atoms with Gasteiger partial charge in [0, 0.05) is 19.6 Å². The van der Waals surface area contributed by atoms with Gasteiger partial charge in [-0.05, 0) is 19.3 Å². The van der Waals surface area contributed by atoms with E-state index in [1.807, 2.05) is 0 Å². The Morgan fingerprint density at radius 2 is 2.00 bits per heavy atom. The van der Waals surface area contributed by atoms with Crippen LogP contribution >= 0.6 is 0 Å². The van der Waals surface area contributed by atoms with E-state index in [0.29, 0.717) is 13.0 Å². The third kappa shape index (κ3) is 3.32. The number of amides is 4. The van der Waals surface area contributed by atoms with E-state index in [1.54, 1.807) is 0 Å². The Kier molecular flexibility index (Phi) is 4.44. The smallest absolute Gasteiger partial charge is 0.327 e. The number of hydrogen-bond donors (Lipinski definition) is 1. The number of aliphatic carboxylic acids is 1. The molecule has 0 saturated carbocycles. The Bertz CT molecular complexity index is 478. The topological polar surface area (TPSA) is 98.2 Å². The second kappa shape index (κ2) is 6.11. The highest BCUT2D eigenvalue weighted by molar-refractivity contribution is 6.04. The fourth-order valence-electron chi connectivity index (χ4n) is 2.79. The molecule has 0 aromatic rings. The summed E-state index contributed by atoms with van der Waals surface area (Å²) >= 11 is 0. The van der Waals surface area contributed by atoms with Crippen molar-refractivity contribution in [3.8, 4) is 0 Å². The normalized spacial score (nSPS) is 22.9. The second-order valence-electron chi connectivity index (χ2n) is 5.45. The number of imide groups is 1. The highest BCUT2D eigenvalue weighted by Gasteiger charge is 2.37. The lowest BCUT2D eigenvalue weighted by Crippen LogP contribution is -2.49. The summed E-state index contributed by atoms with van der Waals surface area (Å²) in [6, 6.07) is -0.838. The lowest BCUT2D eigenvalue weighted by molar-refractivity contribution is -0.143. The van der Waals surface area contributed by atoms with Gasteiger partial charge in [0.25, 0.3) is 5.91 Å². The number of nitrogens with zero attached hydrogens (tertiary/aromatic N) is 3. The molecule has 0 aromatic heterocycles. The van der Waals surface area contributed by atoms with Gasteiger partial charge in [0.1, 0.15) is 13.1 Å². The maximum atomic E-state index is 12.3. The number of rotatable bonds is 4. The molecule has 2 saturated heterocycles. The fourth-order valence-corrected chi connectivity index (χ4v) is 2.79. The van der Waals surface area contributed by atoms with Crippen molar-refractivity contribution >= 4 is 23.8 Å². The van der Waals surface area contributed by atoms with Gasteiger partial charge >= 0.3 is 12.0 Å². The van der Waals surface area contributed by atoms with Crippen LogP contribution in [-0.4, -0.2) is 76.3 Å². The van der Waals surface area contributed by atoms with Crippen molar-refractivity contribution in [2.45, 2.75) is 31.7 Å². The van der Waals surface area contributed by atoms with Crippen LogP contribution in [0, 0.1) is 0 Å². The third-order valence-corrected chi connectivity index (χ3v) is 3.88. The van der Waals surface area contributed by atoms with Crippen LogP contribution in [0.15, 0.2) is 0 Å². The maximum absolute atomic E-state index is 12.3. The van der Waals surface area contributed by atoms with Gasteiger partial charge < -0.3 is 14.9 Å². The lowest BCUT2D eigenvalue weighted by atomic mass is 9.99. The van der Waals surface area contributed by atoms with Crippen LogP contribution in [0.4, 0.5) is 4.79 Å². The number of likely N-dealkylation sites (N-methyl/N-ethyl adjacent to an activating group) is 1. The van der Waals surface area contributed by atoms with Crippen molar-refractivity contribution in [3.63, 3.8) is 0 Å². The van der Waals surface area contributed by atoms with E-state index in [4.69, 9.17) is 5.11 Å². The highest BCUT2D eigenvalue weighted by Crippen LogP contribution is 2.20. The molecular weight excluding hydrogens is 278 g/mol. The summed E-state index contributed by atoms with van der Waals surface area (Å²) in [5.41, 5.74) is 0. The first-order chi connectivity index (χ1) is 9.90. The van der Waals surface area contributed by atoms with Crippen LogP contribution in [0.25, 0.3) is 0 Å². The molecule has 0 aromatic carbocycles. The molecular formula is C13H19N3O5. The second-order valence-corrected chi connectivity index (χ2v) is 5.45. The minimum Gasteiger partial charge on any atom is -0.481 e. The summed E-state index contributed by atoms with van der Waals surface area (Å²) in [7, 11) is 1.50. The first kappa shape index (κ1) is 15.3. The largest absolute Gasteiger partial charge is 0.481 e. The number of piperidine rings is 1. The van der Waals surface area contributed by atoms with Crippen LogP contribution in [0.2, 0.25) is 0 Å². The minimum atomic E-state index is -0.951. The van der Waals surface area contributed by atoms with Gasteiger partial charge in [-0.15, -0.1) is 0 Å². The summed E-state index contributed by atoms with van der Waals surface area (Å²) in [6.45, 7) is 0.144. The van der Waals surface area contributed by atoms with E-state index < -0.39 is 17.9 Å². The summed E-state index contributed by atoms with van der Waals surface area (Å²) < 4.78 is 0. The van der Waals surface area contributed by atoms with Gasteiger partial charge in [0.05, 0.1) is 6.42 Å². The monoisotopic (exact) mass is 297 g/mol. The highest BCUT2D eigenvalue weighted by atomic mass is 16.4. The average molecular weight is 297 g/mol. The van der Waals surface area contributed by atoms with Crippen LogP contribution < -0.4 is 0 Å². The predicted octanol–water partition coefficient (Wildman–Crippen LogP) is -0.264. The predicted molar refractivity (Wildman–Crippen MR) is 71.3 cm³/mol. The molecule has 0 bridgehead atoms. The minimum absolute atomic E-state index is 0.0231. The molecule has 1 unspecified atom stereocenters. The molecule has 1 atom stereocenters. The Balaban J connectivity index is 2.02. The number of likely N-dealkylation sites (tertiary alicyclic amines) is 1. The average Bonchev–Trinajstić information content (AvgIpc) is 2.65. The number of carboxylic acid groups (broad SMARTS) is 1. The zero-order valence-electron chi connectivity index (χ0n) is 11.9. The molecule has 0 spiro atoms. The van der Waals surface area contributed by atoms with E-state index >= 15 is 0 Å². The number of carboxylic acids is 1. The van der Waals surface area contributed by atoms with Gasteiger partial charge in [-0.1, -0.05) is 0 Å². The van der Waals surface area contributed by atoms with E-state index in [0.717, 1.165) is 17.7 Å². The summed E-state index contributed by atoms with van der Waals surface area (Å²) in [5, 5.41) is 8.91. The van der Waals surface area contributed by atoms with Crippen LogP contribution in [0.1, 0.15) is 25.7 Å². The fraction of sp³-hybridized carbons (Fsp3) is 0.692. The van der Waals surface area contributed by atoms with Crippen molar-refractivity contribution in [3.05, 3.63) is 0 Å². The van der Waals surface area contributed by atoms with Gasteiger partial charge in [-0.25, -0.2) is 4.79 Å². The van der Waals surface area contributed by atoms with Crippen molar-refractivity contribution < 1.29 is 24.3 Å². The van der Waals surface area contributed by atoms with Crippen LogP contribution in [-0.2, 0) is 14.4 Å². The van der Waals surface area contributed by atoms with Crippen molar-refractivity contribution in [2.75, 3.05) is 26.7 Å². The first-order valence-electron chi connectivity index (χ1n) is 6.97. The molecule has 0 radical (unpaired) electrons. The third-order valence-electron chi connectivity index (χ3n) is 3.88. The van der Waals surface area contributed by atoms with Crippen LogP contribution in [0.3, 0.4) is 0 Å².